The maximum atomic E-state index is 11.3. The number of aryl methyl sites for hydroxylation is 1. The third-order valence-corrected chi connectivity index (χ3v) is 2.82. The van der Waals surface area contributed by atoms with E-state index in [0.717, 1.165) is 12.8 Å². The van der Waals surface area contributed by atoms with Gasteiger partial charge in [-0.05, 0) is 25.8 Å². The lowest BCUT2D eigenvalue weighted by atomic mass is 10.0. The molecule has 0 N–H and O–H groups in total. The minimum absolute atomic E-state index is 0.267. The van der Waals surface area contributed by atoms with Gasteiger partial charge in [0.15, 0.2) is 0 Å². The lowest BCUT2D eigenvalue weighted by molar-refractivity contribution is 0.0599. The zero-order valence-electron chi connectivity index (χ0n) is 8.79. The lowest BCUT2D eigenvalue weighted by Crippen LogP contribution is -2.02. The van der Waals surface area contributed by atoms with Gasteiger partial charge in [0, 0.05) is 0 Å². The first kappa shape index (κ1) is 9.85. The van der Waals surface area contributed by atoms with Gasteiger partial charge in [-0.1, -0.05) is 5.92 Å². The molecule has 0 bridgehead atoms. The van der Waals surface area contributed by atoms with E-state index in [1.807, 2.05) is 0 Å². The third-order valence-electron chi connectivity index (χ3n) is 2.82. The molecule has 0 radical (unpaired) electrons. The summed E-state index contributed by atoms with van der Waals surface area (Å²) in [5, 5.41) is 0. The fourth-order valence-electron chi connectivity index (χ4n) is 1.62. The summed E-state index contributed by atoms with van der Waals surface area (Å²) in [4.78, 5) is 11.3. The second-order valence-electron chi connectivity index (χ2n) is 3.80. The van der Waals surface area contributed by atoms with Gasteiger partial charge in [-0.3, -0.25) is 0 Å². The zero-order valence-corrected chi connectivity index (χ0v) is 8.79. The van der Waals surface area contributed by atoms with E-state index in [-0.39, 0.29) is 11.4 Å². The summed E-state index contributed by atoms with van der Waals surface area (Å²) in [7, 11) is 1.35. The number of carbonyl (C=O) groups excluding carboxylic acids is 1. The molecule has 3 heteroatoms. The SMILES string of the molecule is C#CC1(c2cc(C(=O)OC)c(C)o2)CC1. The molecule has 1 saturated carbocycles. The Morgan fingerprint density at radius 1 is 1.67 bits per heavy atom. The van der Waals surface area contributed by atoms with Gasteiger partial charge in [0.1, 0.15) is 17.1 Å². The summed E-state index contributed by atoms with van der Waals surface area (Å²) in [5.41, 5.74) is 0.200. The van der Waals surface area contributed by atoms with Crippen LogP contribution >= 0.6 is 0 Å². The summed E-state index contributed by atoms with van der Waals surface area (Å²) in [6.07, 6.45) is 7.30. The van der Waals surface area contributed by atoms with Crippen molar-refractivity contribution in [2.45, 2.75) is 25.2 Å². The van der Waals surface area contributed by atoms with Crippen LogP contribution in [0.2, 0.25) is 0 Å². The van der Waals surface area contributed by atoms with Crippen LogP contribution in [0, 0.1) is 19.3 Å². The first-order valence-corrected chi connectivity index (χ1v) is 4.80. The Kier molecular flexibility index (Phi) is 2.08. The Balaban J connectivity index is 2.38. The van der Waals surface area contributed by atoms with Crippen molar-refractivity contribution in [3.8, 4) is 12.3 Å². The molecule has 0 atom stereocenters. The minimum atomic E-state index is -0.379. The monoisotopic (exact) mass is 204 g/mol. The van der Waals surface area contributed by atoms with Crippen molar-refractivity contribution in [2.75, 3.05) is 7.11 Å². The van der Waals surface area contributed by atoms with E-state index >= 15 is 0 Å². The molecule has 0 saturated heterocycles. The van der Waals surface area contributed by atoms with Crippen molar-refractivity contribution < 1.29 is 13.9 Å². The van der Waals surface area contributed by atoms with E-state index in [9.17, 15) is 4.79 Å². The highest BCUT2D eigenvalue weighted by molar-refractivity contribution is 5.90. The fourth-order valence-corrected chi connectivity index (χ4v) is 1.62. The van der Waals surface area contributed by atoms with Crippen LogP contribution in [0.5, 0.6) is 0 Å². The van der Waals surface area contributed by atoms with Crippen molar-refractivity contribution in [3.05, 3.63) is 23.2 Å². The molecule has 1 aliphatic carbocycles. The average Bonchev–Trinajstić information content (AvgIpc) is 2.96. The minimum Gasteiger partial charge on any atom is -0.465 e. The summed E-state index contributed by atoms with van der Waals surface area (Å²) in [6, 6.07) is 1.70. The topological polar surface area (TPSA) is 39.4 Å². The number of ether oxygens (including phenoxy) is 1. The number of furan rings is 1. The van der Waals surface area contributed by atoms with E-state index in [4.69, 9.17) is 10.8 Å². The van der Waals surface area contributed by atoms with Crippen LogP contribution in [0.1, 0.15) is 34.7 Å². The van der Waals surface area contributed by atoms with Gasteiger partial charge in [0.25, 0.3) is 0 Å². The van der Waals surface area contributed by atoms with Crippen molar-refractivity contribution in [1.29, 1.82) is 0 Å². The Morgan fingerprint density at radius 2 is 2.33 bits per heavy atom. The number of esters is 1. The van der Waals surface area contributed by atoms with E-state index < -0.39 is 0 Å². The second kappa shape index (κ2) is 3.16. The van der Waals surface area contributed by atoms with E-state index in [1.165, 1.54) is 7.11 Å². The van der Waals surface area contributed by atoms with Gasteiger partial charge in [0.05, 0.1) is 12.5 Å². The molecule has 15 heavy (non-hydrogen) atoms. The van der Waals surface area contributed by atoms with E-state index in [1.54, 1.807) is 13.0 Å². The van der Waals surface area contributed by atoms with Gasteiger partial charge < -0.3 is 9.15 Å². The first-order chi connectivity index (χ1) is 7.13. The van der Waals surface area contributed by atoms with Crippen LogP contribution in [0.3, 0.4) is 0 Å². The summed E-state index contributed by atoms with van der Waals surface area (Å²) in [5.74, 6) is 3.62. The normalized spacial score (nSPS) is 16.9. The largest absolute Gasteiger partial charge is 0.465 e. The van der Waals surface area contributed by atoms with Crippen molar-refractivity contribution >= 4 is 5.97 Å². The third kappa shape index (κ3) is 1.42. The highest BCUT2D eigenvalue weighted by Gasteiger charge is 2.46. The molecule has 0 aliphatic heterocycles. The molecule has 0 aromatic carbocycles. The standard InChI is InChI=1S/C12H12O3/c1-4-12(5-6-12)10-7-9(8(2)15-10)11(13)14-3/h1,7H,5-6H2,2-3H3. The molecule has 1 aromatic rings. The van der Waals surface area contributed by atoms with E-state index in [2.05, 4.69) is 10.7 Å². The highest BCUT2D eigenvalue weighted by Crippen LogP contribution is 2.48. The maximum Gasteiger partial charge on any atom is 0.341 e. The molecule has 0 spiro atoms. The summed E-state index contributed by atoms with van der Waals surface area (Å²) in [6.45, 7) is 1.74. The molecule has 0 unspecified atom stereocenters. The molecular weight excluding hydrogens is 192 g/mol. The summed E-state index contributed by atoms with van der Waals surface area (Å²) >= 11 is 0. The number of methoxy groups -OCH3 is 1. The fraction of sp³-hybridized carbons (Fsp3) is 0.417. The smallest absolute Gasteiger partial charge is 0.341 e. The van der Waals surface area contributed by atoms with E-state index in [0.29, 0.717) is 17.1 Å². The number of hydrogen-bond donors (Lipinski definition) is 0. The number of hydrogen-bond acceptors (Lipinski definition) is 3. The van der Waals surface area contributed by atoms with Crippen LogP contribution in [-0.2, 0) is 10.2 Å². The van der Waals surface area contributed by atoms with Crippen LogP contribution in [0.4, 0.5) is 0 Å². The van der Waals surface area contributed by atoms with Gasteiger partial charge in [-0.2, -0.15) is 0 Å². The number of carbonyl (C=O) groups is 1. The molecule has 78 valence electrons. The predicted octanol–water partition coefficient (Wildman–Crippen LogP) is 2.04. The van der Waals surface area contributed by atoms with Crippen LogP contribution in [0.15, 0.2) is 10.5 Å². The van der Waals surface area contributed by atoms with Crippen molar-refractivity contribution in [3.63, 3.8) is 0 Å². The molecular formula is C12H12O3. The Labute approximate surface area is 88.4 Å². The Morgan fingerprint density at radius 3 is 2.80 bits per heavy atom. The molecule has 1 fully saturated rings. The molecule has 3 nitrogen and oxygen atoms in total. The summed E-state index contributed by atoms with van der Waals surface area (Å²) < 4.78 is 10.2. The quantitative estimate of drug-likeness (QED) is 0.546. The van der Waals surface area contributed by atoms with Gasteiger partial charge >= 0.3 is 5.97 Å². The van der Waals surface area contributed by atoms with Crippen molar-refractivity contribution in [1.82, 2.24) is 0 Å². The second-order valence-corrected chi connectivity index (χ2v) is 3.80. The van der Waals surface area contributed by atoms with Gasteiger partial charge in [-0.25, -0.2) is 4.79 Å². The molecule has 0 amide bonds. The average molecular weight is 204 g/mol. The molecule has 1 heterocycles. The number of rotatable bonds is 2. The predicted molar refractivity (Wildman–Crippen MR) is 54.5 cm³/mol. The molecule has 1 aliphatic rings. The van der Waals surface area contributed by atoms with Gasteiger partial charge in [-0.15, -0.1) is 6.42 Å². The molecule has 2 rings (SSSR count). The lowest BCUT2D eigenvalue weighted by Gasteiger charge is -2.00. The van der Waals surface area contributed by atoms with Crippen LogP contribution in [0.25, 0.3) is 0 Å². The first-order valence-electron chi connectivity index (χ1n) is 4.80. The number of terminal acetylenes is 1. The van der Waals surface area contributed by atoms with Crippen LogP contribution < -0.4 is 0 Å². The highest BCUT2D eigenvalue weighted by atomic mass is 16.5. The van der Waals surface area contributed by atoms with Crippen LogP contribution in [-0.4, -0.2) is 13.1 Å². The zero-order chi connectivity index (χ0) is 11.1. The maximum absolute atomic E-state index is 11.3. The Hall–Kier alpha value is -1.69. The van der Waals surface area contributed by atoms with Gasteiger partial charge in [0.2, 0.25) is 0 Å². The van der Waals surface area contributed by atoms with Crippen molar-refractivity contribution in [2.24, 2.45) is 0 Å². The Bertz CT molecular complexity index is 444. The molecule has 1 aromatic heterocycles.